The fourth-order valence-electron chi connectivity index (χ4n) is 0.368. The second-order valence-corrected chi connectivity index (χ2v) is 2.71. The van der Waals surface area contributed by atoms with E-state index in [2.05, 4.69) is 0 Å². The molecule has 0 aliphatic rings. The van der Waals surface area contributed by atoms with Gasteiger partial charge in [-0.2, -0.15) is 11.8 Å². The van der Waals surface area contributed by atoms with E-state index in [1.54, 1.807) is 11.8 Å². The van der Waals surface area contributed by atoms with E-state index in [0.717, 1.165) is 5.75 Å². The van der Waals surface area contributed by atoms with Gasteiger partial charge in [0.05, 0.1) is 0 Å². The molecule has 0 aliphatic carbocycles. The first-order chi connectivity index (χ1) is 4.18. The third kappa shape index (κ3) is 6.42. The predicted octanol–water partition coefficient (Wildman–Crippen LogP) is 0.149. The van der Waals surface area contributed by atoms with Crippen LogP contribution >= 0.6 is 11.8 Å². The first kappa shape index (κ1) is 12.9. The molecule has 0 saturated carbocycles. The quantitative estimate of drug-likeness (QED) is 0.641. The van der Waals surface area contributed by atoms with Crippen molar-refractivity contribution in [3.05, 3.63) is 0 Å². The van der Waals surface area contributed by atoms with Gasteiger partial charge in [-0.15, -0.1) is 0 Å². The van der Waals surface area contributed by atoms with Crippen molar-refractivity contribution in [2.45, 2.75) is 12.5 Å². The molecule has 0 spiro atoms. The van der Waals surface area contributed by atoms with Crippen molar-refractivity contribution in [3.8, 4) is 0 Å². The van der Waals surface area contributed by atoms with E-state index in [4.69, 9.17) is 10.8 Å². The molecule has 0 aliphatic heterocycles. The topological polar surface area (TPSA) is 63.3 Å². The fourth-order valence-corrected chi connectivity index (χ4v) is 0.858. The van der Waals surface area contributed by atoms with Crippen LogP contribution in [-0.2, 0) is 21.9 Å². The van der Waals surface area contributed by atoms with Crippen LogP contribution in [-0.4, -0.2) is 29.1 Å². The Labute approximate surface area is 75.2 Å². The Morgan fingerprint density at radius 1 is 1.80 bits per heavy atom. The number of carbonyl (C=O) groups is 1. The number of rotatable bonds is 4. The number of aliphatic carboxylic acids is 1. The number of hydrogen-bond acceptors (Lipinski definition) is 3. The van der Waals surface area contributed by atoms with E-state index in [9.17, 15) is 4.79 Å². The largest absolute Gasteiger partial charge is 3.00 e. The summed E-state index contributed by atoms with van der Waals surface area (Å²) in [5, 5.41) is 8.27. The molecule has 0 fully saturated rings. The summed E-state index contributed by atoms with van der Waals surface area (Å²) in [5.41, 5.74) is 5.19. The Bertz CT molecular complexity index is 102. The van der Waals surface area contributed by atoms with E-state index in [-0.39, 0.29) is 17.1 Å². The Kier molecular flexibility index (Phi) is 9.58. The number of carboxylic acids is 1. The maximum atomic E-state index is 10.1. The molecule has 0 heterocycles. The zero-order valence-electron chi connectivity index (χ0n) is 5.69. The molecule has 5 heteroatoms. The van der Waals surface area contributed by atoms with Gasteiger partial charge in [0.25, 0.3) is 0 Å². The smallest absolute Gasteiger partial charge is 0.480 e. The van der Waals surface area contributed by atoms with Crippen LogP contribution in [0, 0.1) is 0 Å². The van der Waals surface area contributed by atoms with E-state index in [1.807, 2.05) is 6.26 Å². The number of hydrogen-bond donors (Lipinski definition) is 2. The first-order valence-corrected chi connectivity index (χ1v) is 4.05. The minimum Gasteiger partial charge on any atom is -0.480 e. The summed E-state index contributed by atoms with van der Waals surface area (Å²) in [6.45, 7) is 0. The summed E-state index contributed by atoms with van der Waals surface area (Å²) >= 11 is 1.60. The van der Waals surface area contributed by atoms with Crippen molar-refractivity contribution in [2.75, 3.05) is 12.0 Å². The van der Waals surface area contributed by atoms with Gasteiger partial charge in [-0.3, -0.25) is 4.79 Å². The van der Waals surface area contributed by atoms with Crippen LogP contribution in [0.15, 0.2) is 0 Å². The van der Waals surface area contributed by atoms with Crippen molar-refractivity contribution in [1.82, 2.24) is 0 Å². The maximum Gasteiger partial charge on any atom is 3.00 e. The minimum absolute atomic E-state index is 0. The molecule has 1 unspecified atom stereocenters. The van der Waals surface area contributed by atoms with Gasteiger partial charge in [0.1, 0.15) is 6.04 Å². The molecule has 0 bridgehead atoms. The summed E-state index contributed by atoms with van der Waals surface area (Å²) in [7, 11) is 0. The van der Waals surface area contributed by atoms with E-state index in [1.165, 1.54) is 0 Å². The van der Waals surface area contributed by atoms with Crippen molar-refractivity contribution < 1.29 is 27.0 Å². The van der Waals surface area contributed by atoms with Crippen LogP contribution in [0.25, 0.3) is 0 Å². The SMILES string of the molecule is CSCCC(N)C(=O)O.[Fe+3]. The molecular weight excluding hydrogens is 194 g/mol. The van der Waals surface area contributed by atoms with E-state index >= 15 is 0 Å². The molecule has 0 amide bonds. The molecule has 59 valence electrons. The van der Waals surface area contributed by atoms with Crippen molar-refractivity contribution >= 4 is 17.7 Å². The van der Waals surface area contributed by atoms with E-state index < -0.39 is 12.0 Å². The van der Waals surface area contributed by atoms with Crippen LogP contribution in [0.3, 0.4) is 0 Å². The Morgan fingerprint density at radius 3 is 2.60 bits per heavy atom. The molecule has 3 N–H and O–H groups in total. The number of thioether (sulfide) groups is 1. The van der Waals surface area contributed by atoms with Crippen LogP contribution in [0.1, 0.15) is 6.42 Å². The summed E-state index contributed by atoms with van der Waals surface area (Å²) in [4.78, 5) is 10.1. The van der Waals surface area contributed by atoms with Crippen LogP contribution in [0.2, 0.25) is 0 Å². The van der Waals surface area contributed by atoms with Gasteiger partial charge in [-0.1, -0.05) is 0 Å². The summed E-state index contributed by atoms with van der Waals surface area (Å²) in [5.74, 6) is -0.1000. The number of nitrogens with two attached hydrogens (primary N) is 1. The maximum absolute atomic E-state index is 10.1. The Morgan fingerprint density at radius 2 is 2.30 bits per heavy atom. The molecular formula is C5H11FeNO2S+3. The van der Waals surface area contributed by atoms with Gasteiger partial charge >= 0.3 is 23.0 Å². The molecule has 0 saturated heterocycles. The molecule has 1 atom stereocenters. The van der Waals surface area contributed by atoms with Gasteiger partial charge in [-0.05, 0) is 18.4 Å². The van der Waals surface area contributed by atoms with Crippen LogP contribution < -0.4 is 5.73 Å². The minimum atomic E-state index is -0.913. The van der Waals surface area contributed by atoms with Crippen LogP contribution in [0.4, 0.5) is 0 Å². The van der Waals surface area contributed by atoms with Gasteiger partial charge in [-0.25, -0.2) is 0 Å². The monoisotopic (exact) mass is 205 g/mol. The molecule has 10 heavy (non-hydrogen) atoms. The Hall–Kier alpha value is 0.299. The van der Waals surface area contributed by atoms with Gasteiger partial charge in [0.2, 0.25) is 0 Å². The second-order valence-electron chi connectivity index (χ2n) is 1.73. The molecule has 3 nitrogen and oxygen atoms in total. The molecule has 0 rings (SSSR count). The average Bonchev–Trinajstić information content (AvgIpc) is 1.82. The van der Waals surface area contributed by atoms with Crippen molar-refractivity contribution in [2.24, 2.45) is 5.73 Å². The molecule has 0 aromatic carbocycles. The van der Waals surface area contributed by atoms with Gasteiger partial charge in [0.15, 0.2) is 0 Å². The first-order valence-electron chi connectivity index (χ1n) is 2.65. The second kappa shape index (κ2) is 7.41. The normalized spacial score (nSPS) is 11.8. The zero-order chi connectivity index (χ0) is 7.28. The summed E-state index contributed by atoms with van der Waals surface area (Å²) in [6.07, 6.45) is 2.48. The summed E-state index contributed by atoms with van der Waals surface area (Å²) in [6, 6.07) is -0.683. The van der Waals surface area contributed by atoms with Crippen molar-refractivity contribution in [3.63, 3.8) is 0 Å². The molecule has 0 aromatic rings. The molecule has 1 radical (unpaired) electrons. The fraction of sp³-hybridized carbons (Fsp3) is 0.800. The van der Waals surface area contributed by atoms with E-state index in [0.29, 0.717) is 6.42 Å². The Balaban J connectivity index is 0. The number of carboxylic acid groups (broad SMARTS) is 1. The zero-order valence-corrected chi connectivity index (χ0v) is 7.61. The third-order valence-corrected chi connectivity index (χ3v) is 1.59. The van der Waals surface area contributed by atoms with Gasteiger partial charge < -0.3 is 10.8 Å². The van der Waals surface area contributed by atoms with Crippen LogP contribution in [0.5, 0.6) is 0 Å². The van der Waals surface area contributed by atoms with Gasteiger partial charge in [0, 0.05) is 0 Å². The summed E-state index contributed by atoms with van der Waals surface area (Å²) < 4.78 is 0. The predicted molar refractivity (Wildman–Crippen MR) is 38.6 cm³/mol. The average molecular weight is 205 g/mol. The third-order valence-electron chi connectivity index (χ3n) is 0.950. The van der Waals surface area contributed by atoms with Crippen molar-refractivity contribution in [1.29, 1.82) is 0 Å². The standard InChI is InChI=1S/C5H11NO2S.Fe/c1-9-3-2-4(6)5(7)8;/h4H,2-3,6H2,1H3,(H,7,8);/q;+3. The molecule has 0 aromatic heterocycles.